The van der Waals surface area contributed by atoms with Crippen LogP contribution in [-0.2, 0) is 5.41 Å². The molecule has 2 aliphatic rings. The van der Waals surface area contributed by atoms with Gasteiger partial charge >= 0.3 is 0 Å². The van der Waals surface area contributed by atoms with E-state index in [2.05, 4.69) is 222 Å². The fraction of sp³-hybridized carbons (Fsp3) is 0.0545. The maximum Gasteiger partial charge on any atom is 0.152 e. The van der Waals surface area contributed by atoms with E-state index < -0.39 is 0 Å². The Morgan fingerprint density at radius 3 is 1.90 bits per heavy atom. The molecule has 0 amide bonds. The highest BCUT2D eigenvalue weighted by Gasteiger charge is 2.37. The first-order valence-electron chi connectivity index (χ1n) is 20.3. The molecular formula is C55H39N3O. The monoisotopic (exact) mass is 757 g/mol. The van der Waals surface area contributed by atoms with Crippen molar-refractivity contribution in [3.05, 3.63) is 211 Å². The fourth-order valence-corrected chi connectivity index (χ4v) is 9.65. The minimum Gasteiger partial charge on any atom is -0.453 e. The van der Waals surface area contributed by atoms with Gasteiger partial charge in [0.2, 0.25) is 0 Å². The largest absolute Gasteiger partial charge is 0.453 e. The Hall–Kier alpha value is -7.56. The Morgan fingerprint density at radius 2 is 1.00 bits per heavy atom. The summed E-state index contributed by atoms with van der Waals surface area (Å²) in [6.45, 7) is 4.72. The lowest BCUT2D eigenvalue weighted by Gasteiger charge is -2.42. The Morgan fingerprint density at radius 1 is 0.373 bits per heavy atom. The molecule has 0 saturated carbocycles. The zero-order valence-electron chi connectivity index (χ0n) is 32.8. The summed E-state index contributed by atoms with van der Waals surface area (Å²) in [5.74, 6) is 1.67. The normalized spacial score (nSPS) is 13.8. The molecule has 1 aromatic heterocycles. The molecule has 10 aromatic rings. The minimum absolute atomic E-state index is 0.210. The van der Waals surface area contributed by atoms with E-state index in [1.165, 1.54) is 55.1 Å². The van der Waals surface area contributed by atoms with Crippen molar-refractivity contribution < 1.29 is 4.74 Å². The lowest BCUT2D eigenvalue weighted by molar-refractivity contribution is 0.477. The van der Waals surface area contributed by atoms with Gasteiger partial charge in [-0.3, -0.25) is 0 Å². The van der Waals surface area contributed by atoms with Crippen LogP contribution in [0.2, 0.25) is 0 Å². The van der Waals surface area contributed by atoms with E-state index in [0.29, 0.717) is 0 Å². The summed E-state index contributed by atoms with van der Waals surface area (Å²) in [5.41, 5.74) is 14.9. The van der Waals surface area contributed by atoms with Crippen LogP contribution in [0.1, 0.15) is 25.0 Å². The molecule has 0 aliphatic carbocycles. The molecule has 2 aliphatic heterocycles. The first-order chi connectivity index (χ1) is 29.0. The first kappa shape index (κ1) is 33.6. The second-order valence-corrected chi connectivity index (χ2v) is 16.2. The van der Waals surface area contributed by atoms with Crippen LogP contribution >= 0.6 is 0 Å². The number of hydrogen-bond acceptors (Lipinski definition) is 3. The van der Waals surface area contributed by atoms with E-state index in [1.54, 1.807) is 0 Å². The average molecular weight is 758 g/mol. The van der Waals surface area contributed by atoms with Gasteiger partial charge in [-0.1, -0.05) is 123 Å². The van der Waals surface area contributed by atoms with Gasteiger partial charge in [-0.15, -0.1) is 0 Å². The second kappa shape index (κ2) is 12.7. The van der Waals surface area contributed by atoms with E-state index in [4.69, 9.17) is 4.74 Å². The third-order valence-corrected chi connectivity index (χ3v) is 12.5. The highest BCUT2D eigenvalue weighted by Crippen LogP contribution is 2.54. The van der Waals surface area contributed by atoms with Crippen LogP contribution in [-0.4, -0.2) is 4.57 Å². The fourth-order valence-electron chi connectivity index (χ4n) is 9.65. The van der Waals surface area contributed by atoms with Crippen molar-refractivity contribution in [2.24, 2.45) is 0 Å². The second-order valence-electron chi connectivity index (χ2n) is 16.2. The summed E-state index contributed by atoms with van der Waals surface area (Å²) in [6, 6.07) is 72.4. The van der Waals surface area contributed by atoms with Crippen molar-refractivity contribution in [3.63, 3.8) is 0 Å². The molecule has 0 atom stereocenters. The van der Waals surface area contributed by atoms with Gasteiger partial charge in [-0.05, 0) is 124 Å². The van der Waals surface area contributed by atoms with Crippen molar-refractivity contribution in [1.29, 1.82) is 0 Å². The van der Waals surface area contributed by atoms with Crippen molar-refractivity contribution in [3.8, 4) is 28.3 Å². The van der Waals surface area contributed by atoms with E-state index in [9.17, 15) is 0 Å². The standard InChI is InChI=1S/C55H39N3O/c1-55(2)45-19-9-11-21-49(45)56(40-16-4-3-5-17-40)50-31-28-42(35-46(50)55)57-47-20-10-8-18-43(47)44-33-38(25-29-48(44)57)39-26-30-52-54(34-39)59-53-23-13-12-22-51(53)58(52)41-27-24-36-14-6-7-15-37(36)32-41/h3-35H,1-2H3. The number of fused-ring (bicyclic) bond motifs is 8. The van der Waals surface area contributed by atoms with Gasteiger partial charge < -0.3 is 19.1 Å². The van der Waals surface area contributed by atoms with E-state index in [0.717, 1.165) is 51.1 Å². The molecule has 0 spiro atoms. The molecule has 4 nitrogen and oxygen atoms in total. The number of para-hydroxylation sites is 5. The highest BCUT2D eigenvalue weighted by atomic mass is 16.5. The third kappa shape index (κ3) is 5.09. The predicted octanol–water partition coefficient (Wildman–Crippen LogP) is 15.3. The quantitative estimate of drug-likeness (QED) is 0.178. The van der Waals surface area contributed by atoms with Gasteiger partial charge in [0.1, 0.15) is 0 Å². The van der Waals surface area contributed by atoms with Gasteiger partial charge in [0.15, 0.2) is 11.5 Å². The Bertz CT molecular complexity index is 3310. The van der Waals surface area contributed by atoms with Crippen molar-refractivity contribution in [2.75, 3.05) is 9.80 Å². The molecule has 0 radical (unpaired) electrons. The molecule has 3 heterocycles. The molecule has 0 fully saturated rings. The molecule has 0 bridgehead atoms. The summed E-state index contributed by atoms with van der Waals surface area (Å²) in [4.78, 5) is 4.73. The van der Waals surface area contributed by atoms with Crippen LogP contribution in [0, 0.1) is 0 Å². The minimum atomic E-state index is -0.210. The molecule has 9 aromatic carbocycles. The maximum absolute atomic E-state index is 6.67. The van der Waals surface area contributed by atoms with Crippen molar-refractivity contribution in [1.82, 2.24) is 4.57 Å². The predicted molar refractivity (Wildman–Crippen MR) is 245 cm³/mol. The molecule has 4 heteroatoms. The lowest BCUT2D eigenvalue weighted by atomic mass is 9.73. The lowest BCUT2D eigenvalue weighted by Crippen LogP contribution is -2.30. The first-order valence-corrected chi connectivity index (χ1v) is 20.3. The van der Waals surface area contributed by atoms with Crippen molar-refractivity contribution in [2.45, 2.75) is 19.3 Å². The van der Waals surface area contributed by atoms with Crippen LogP contribution in [0.4, 0.5) is 34.1 Å². The number of aromatic nitrogens is 1. The topological polar surface area (TPSA) is 20.6 Å². The number of anilines is 6. The molecular weight excluding hydrogens is 719 g/mol. The number of benzene rings is 9. The number of nitrogens with zero attached hydrogens (tertiary/aromatic N) is 3. The third-order valence-electron chi connectivity index (χ3n) is 12.5. The van der Waals surface area contributed by atoms with Crippen LogP contribution < -0.4 is 14.5 Å². The summed E-state index contributed by atoms with van der Waals surface area (Å²) in [7, 11) is 0. The highest BCUT2D eigenvalue weighted by molar-refractivity contribution is 6.10. The van der Waals surface area contributed by atoms with E-state index >= 15 is 0 Å². The van der Waals surface area contributed by atoms with Gasteiger partial charge in [-0.2, -0.15) is 0 Å². The molecule has 0 N–H and O–H groups in total. The summed E-state index contributed by atoms with van der Waals surface area (Å²) >= 11 is 0. The Balaban J connectivity index is 0.981. The molecule has 12 rings (SSSR count). The van der Waals surface area contributed by atoms with Gasteiger partial charge in [0, 0.05) is 33.2 Å². The summed E-state index contributed by atoms with van der Waals surface area (Å²) < 4.78 is 9.11. The summed E-state index contributed by atoms with van der Waals surface area (Å²) in [5, 5.41) is 4.87. The van der Waals surface area contributed by atoms with Crippen LogP contribution in [0.25, 0.3) is 49.4 Å². The zero-order valence-corrected chi connectivity index (χ0v) is 32.8. The van der Waals surface area contributed by atoms with E-state index in [-0.39, 0.29) is 5.41 Å². The average Bonchev–Trinajstić information content (AvgIpc) is 3.62. The number of hydrogen-bond donors (Lipinski definition) is 0. The molecule has 0 saturated heterocycles. The van der Waals surface area contributed by atoms with Gasteiger partial charge in [0.25, 0.3) is 0 Å². The summed E-state index contributed by atoms with van der Waals surface area (Å²) in [6.07, 6.45) is 0. The SMILES string of the molecule is CC1(C)c2ccccc2N(c2ccccc2)c2ccc(-n3c4ccccc4c4cc(-c5ccc6c(c5)Oc5ccccc5N6c5ccc6ccccc6c5)ccc43)cc21. The van der Waals surface area contributed by atoms with E-state index in [1.807, 2.05) is 6.07 Å². The van der Waals surface area contributed by atoms with Crippen LogP contribution in [0.5, 0.6) is 11.5 Å². The number of rotatable bonds is 4. The zero-order chi connectivity index (χ0) is 39.2. The molecule has 59 heavy (non-hydrogen) atoms. The van der Waals surface area contributed by atoms with Gasteiger partial charge in [-0.25, -0.2) is 0 Å². The Kier molecular flexibility index (Phi) is 7.24. The number of ether oxygens (including phenoxy) is 1. The maximum atomic E-state index is 6.67. The van der Waals surface area contributed by atoms with Crippen LogP contribution in [0.15, 0.2) is 200 Å². The molecule has 0 unspecified atom stereocenters. The van der Waals surface area contributed by atoms with Crippen molar-refractivity contribution >= 4 is 66.7 Å². The van der Waals surface area contributed by atoms with Crippen LogP contribution in [0.3, 0.4) is 0 Å². The van der Waals surface area contributed by atoms with Gasteiger partial charge in [0.05, 0.1) is 33.8 Å². The smallest absolute Gasteiger partial charge is 0.152 e. The Labute approximate surface area is 343 Å². The molecule has 280 valence electrons.